The molecule has 0 saturated carbocycles. The minimum atomic E-state index is -0.309. The molecule has 0 aliphatic carbocycles. The zero-order valence-electron chi connectivity index (χ0n) is 8.30. The van der Waals surface area contributed by atoms with Crippen LogP contribution in [-0.4, -0.2) is 36.0 Å². The monoisotopic (exact) mass is 175 g/mol. The van der Waals surface area contributed by atoms with E-state index < -0.39 is 0 Å². The van der Waals surface area contributed by atoms with Gasteiger partial charge in [-0.25, -0.2) is 0 Å². The van der Waals surface area contributed by atoms with Crippen LogP contribution in [0.5, 0.6) is 0 Å². The second kappa shape index (κ2) is 5.51. The maximum Gasteiger partial charge on any atom is 0.0669 e. The van der Waals surface area contributed by atoms with Crippen LogP contribution < -0.4 is 5.32 Å². The maximum absolute atomic E-state index is 9.47. The molecule has 0 radical (unpaired) electrons. The summed E-state index contributed by atoms with van der Waals surface area (Å²) in [4.78, 5) is 0. The number of hydrogen-bond donors (Lipinski definition) is 3. The van der Waals surface area contributed by atoms with Gasteiger partial charge in [0, 0.05) is 13.1 Å². The number of aliphatic hydroxyl groups is 2. The molecule has 0 aromatic rings. The molecule has 0 aliphatic heterocycles. The molecule has 3 heteroatoms. The molecule has 0 aromatic carbocycles. The lowest BCUT2D eigenvalue weighted by Gasteiger charge is -2.22. The van der Waals surface area contributed by atoms with Crippen LogP contribution in [-0.2, 0) is 0 Å². The van der Waals surface area contributed by atoms with E-state index >= 15 is 0 Å². The predicted octanol–water partition coefficient (Wildman–Crippen LogP) is 0.365. The van der Waals surface area contributed by atoms with Crippen molar-refractivity contribution < 1.29 is 10.2 Å². The lowest BCUT2D eigenvalue weighted by molar-refractivity contribution is 0.118. The third-order valence-electron chi connectivity index (χ3n) is 1.52. The fourth-order valence-corrected chi connectivity index (χ4v) is 1.13. The summed E-state index contributed by atoms with van der Waals surface area (Å²) in [5.41, 5.74) is 0.167. The molecule has 12 heavy (non-hydrogen) atoms. The van der Waals surface area contributed by atoms with Crippen LogP contribution in [0.15, 0.2) is 0 Å². The van der Waals surface area contributed by atoms with Crippen LogP contribution in [0, 0.1) is 5.41 Å². The van der Waals surface area contributed by atoms with E-state index in [4.69, 9.17) is 5.11 Å². The highest BCUT2D eigenvalue weighted by atomic mass is 16.3. The van der Waals surface area contributed by atoms with Crippen molar-refractivity contribution in [3.8, 4) is 0 Å². The van der Waals surface area contributed by atoms with Crippen LogP contribution in [0.25, 0.3) is 0 Å². The van der Waals surface area contributed by atoms with Gasteiger partial charge in [0.05, 0.1) is 12.7 Å². The van der Waals surface area contributed by atoms with Crippen molar-refractivity contribution in [1.82, 2.24) is 5.32 Å². The van der Waals surface area contributed by atoms with Crippen molar-refractivity contribution >= 4 is 0 Å². The quantitative estimate of drug-likeness (QED) is 0.529. The zero-order valence-corrected chi connectivity index (χ0v) is 8.30. The Kier molecular flexibility index (Phi) is 5.46. The number of nitrogens with one attached hydrogen (secondary N) is 1. The SMILES string of the molecule is CC(C)(C)CC(O)CNCCO. The van der Waals surface area contributed by atoms with Gasteiger partial charge in [-0.15, -0.1) is 0 Å². The van der Waals surface area contributed by atoms with Gasteiger partial charge in [0.15, 0.2) is 0 Å². The van der Waals surface area contributed by atoms with E-state index in [1.165, 1.54) is 0 Å². The fourth-order valence-electron chi connectivity index (χ4n) is 1.13. The molecule has 0 aromatic heterocycles. The highest BCUT2D eigenvalue weighted by Crippen LogP contribution is 2.20. The van der Waals surface area contributed by atoms with Crippen LogP contribution in [0.2, 0.25) is 0 Å². The van der Waals surface area contributed by atoms with Crippen molar-refractivity contribution in [2.24, 2.45) is 5.41 Å². The Hall–Kier alpha value is -0.120. The van der Waals surface area contributed by atoms with Gasteiger partial charge < -0.3 is 15.5 Å². The Morgan fingerprint density at radius 2 is 1.92 bits per heavy atom. The van der Waals surface area contributed by atoms with Crippen molar-refractivity contribution in [1.29, 1.82) is 0 Å². The van der Waals surface area contributed by atoms with Crippen LogP contribution in [0.4, 0.5) is 0 Å². The van der Waals surface area contributed by atoms with Gasteiger partial charge in [-0.2, -0.15) is 0 Å². The molecular weight excluding hydrogens is 154 g/mol. The summed E-state index contributed by atoms with van der Waals surface area (Å²) < 4.78 is 0. The van der Waals surface area contributed by atoms with Crippen LogP contribution in [0.1, 0.15) is 27.2 Å². The standard InChI is InChI=1S/C9H21NO2/c1-9(2,3)6-8(12)7-10-4-5-11/h8,10-12H,4-7H2,1-3H3. The lowest BCUT2D eigenvalue weighted by Crippen LogP contribution is -2.31. The molecule has 74 valence electrons. The van der Waals surface area contributed by atoms with E-state index in [1.54, 1.807) is 0 Å². The second-order valence-corrected chi connectivity index (χ2v) is 4.35. The first-order valence-corrected chi connectivity index (χ1v) is 4.45. The van der Waals surface area contributed by atoms with Gasteiger partial charge in [0.1, 0.15) is 0 Å². The van der Waals surface area contributed by atoms with E-state index in [1.807, 2.05) is 0 Å². The normalized spacial score (nSPS) is 14.8. The second-order valence-electron chi connectivity index (χ2n) is 4.35. The highest BCUT2D eigenvalue weighted by Gasteiger charge is 2.15. The number of aliphatic hydroxyl groups excluding tert-OH is 2. The summed E-state index contributed by atoms with van der Waals surface area (Å²) in [7, 11) is 0. The fraction of sp³-hybridized carbons (Fsp3) is 1.00. The summed E-state index contributed by atoms with van der Waals surface area (Å²) in [5.74, 6) is 0. The Labute approximate surface area is 74.8 Å². The first-order valence-electron chi connectivity index (χ1n) is 4.45. The van der Waals surface area contributed by atoms with Gasteiger partial charge in [0.2, 0.25) is 0 Å². The summed E-state index contributed by atoms with van der Waals surface area (Å²) in [5, 5.41) is 20.9. The van der Waals surface area contributed by atoms with E-state index in [9.17, 15) is 5.11 Å². The van der Waals surface area contributed by atoms with Gasteiger partial charge in [0.25, 0.3) is 0 Å². The Bertz CT molecular complexity index is 110. The molecule has 1 unspecified atom stereocenters. The topological polar surface area (TPSA) is 52.5 Å². The molecule has 0 heterocycles. The third-order valence-corrected chi connectivity index (χ3v) is 1.52. The molecule has 0 saturated heterocycles. The number of hydrogen-bond acceptors (Lipinski definition) is 3. The minimum Gasteiger partial charge on any atom is -0.395 e. The van der Waals surface area contributed by atoms with Crippen molar-refractivity contribution in [2.75, 3.05) is 19.7 Å². The van der Waals surface area contributed by atoms with Gasteiger partial charge >= 0.3 is 0 Å². The molecule has 0 spiro atoms. The van der Waals surface area contributed by atoms with E-state index in [2.05, 4.69) is 26.1 Å². The van der Waals surface area contributed by atoms with Crippen LogP contribution in [0.3, 0.4) is 0 Å². The average molecular weight is 175 g/mol. The Morgan fingerprint density at radius 1 is 1.33 bits per heavy atom. The zero-order chi connectivity index (χ0) is 9.61. The van der Waals surface area contributed by atoms with Crippen molar-refractivity contribution in [3.05, 3.63) is 0 Å². The Balaban J connectivity index is 3.40. The minimum absolute atomic E-state index is 0.127. The summed E-state index contributed by atoms with van der Waals surface area (Å²) in [6.45, 7) is 7.55. The Morgan fingerprint density at radius 3 is 2.33 bits per heavy atom. The highest BCUT2D eigenvalue weighted by molar-refractivity contribution is 4.69. The molecule has 0 bridgehead atoms. The van der Waals surface area contributed by atoms with Crippen LogP contribution >= 0.6 is 0 Å². The lowest BCUT2D eigenvalue weighted by atomic mass is 9.89. The summed E-state index contributed by atoms with van der Waals surface area (Å²) >= 11 is 0. The predicted molar refractivity (Wildman–Crippen MR) is 50.0 cm³/mol. The van der Waals surface area contributed by atoms with Gasteiger partial charge in [-0.3, -0.25) is 0 Å². The van der Waals surface area contributed by atoms with E-state index in [0.29, 0.717) is 13.1 Å². The summed E-state index contributed by atoms with van der Waals surface area (Å²) in [6.07, 6.45) is 0.474. The summed E-state index contributed by atoms with van der Waals surface area (Å²) in [6, 6.07) is 0. The van der Waals surface area contributed by atoms with Gasteiger partial charge in [-0.05, 0) is 11.8 Å². The molecule has 3 nitrogen and oxygen atoms in total. The first-order chi connectivity index (χ1) is 5.45. The molecule has 0 fully saturated rings. The van der Waals surface area contributed by atoms with E-state index in [-0.39, 0.29) is 18.1 Å². The third kappa shape index (κ3) is 7.98. The molecule has 3 N–H and O–H groups in total. The van der Waals surface area contributed by atoms with Gasteiger partial charge in [-0.1, -0.05) is 20.8 Å². The first kappa shape index (κ1) is 11.9. The van der Waals surface area contributed by atoms with E-state index in [0.717, 1.165) is 6.42 Å². The van der Waals surface area contributed by atoms with Crippen molar-refractivity contribution in [3.63, 3.8) is 0 Å². The number of rotatable bonds is 5. The maximum atomic E-state index is 9.47. The smallest absolute Gasteiger partial charge is 0.0669 e. The molecule has 0 amide bonds. The largest absolute Gasteiger partial charge is 0.395 e. The molecule has 1 atom stereocenters. The molecular formula is C9H21NO2. The molecule has 0 rings (SSSR count). The molecule has 0 aliphatic rings. The van der Waals surface area contributed by atoms with Crippen molar-refractivity contribution in [2.45, 2.75) is 33.3 Å². The average Bonchev–Trinajstić information content (AvgIpc) is 1.84.